The van der Waals surface area contributed by atoms with E-state index in [2.05, 4.69) is 16.7 Å². The molecule has 0 aromatic heterocycles. The Morgan fingerprint density at radius 2 is 1.92 bits per heavy atom. The van der Waals surface area contributed by atoms with Gasteiger partial charge in [0.1, 0.15) is 5.54 Å². The van der Waals surface area contributed by atoms with Crippen LogP contribution in [0.5, 0.6) is 0 Å². The van der Waals surface area contributed by atoms with E-state index in [4.69, 9.17) is 0 Å². The fourth-order valence-corrected chi connectivity index (χ4v) is 4.02. The Hall–Kier alpha value is -1.88. The summed E-state index contributed by atoms with van der Waals surface area (Å²) >= 11 is 0. The first kappa shape index (κ1) is 17.0. The third kappa shape index (κ3) is 2.81. The van der Waals surface area contributed by atoms with E-state index < -0.39 is 5.54 Å². The molecule has 5 nitrogen and oxygen atoms in total. The monoisotopic (exact) mass is 329 g/mol. The number of hydrogen-bond donors (Lipinski definition) is 2. The van der Waals surface area contributed by atoms with E-state index in [0.29, 0.717) is 18.9 Å². The lowest BCUT2D eigenvalue weighted by molar-refractivity contribution is -0.132. The quantitative estimate of drug-likeness (QED) is 0.834. The minimum absolute atomic E-state index is 0.0968. The number of carbonyl (C=O) groups excluding carboxylic acids is 2. The van der Waals surface area contributed by atoms with E-state index in [1.807, 2.05) is 32.9 Å². The number of hydrogen-bond acceptors (Lipinski definition) is 3. The second kappa shape index (κ2) is 6.55. The minimum Gasteiger partial charge on any atom is -0.319 e. The molecule has 0 aliphatic carbocycles. The van der Waals surface area contributed by atoms with Crippen LogP contribution in [0.4, 0.5) is 4.79 Å². The fraction of sp³-hybridized carbons (Fsp3) is 0.579. The molecule has 2 N–H and O–H groups in total. The van der Waals surface area contributed by atoms with Gasteiger partial charge in [-0.1, -0.05) is 30.7 Å². The lowest BCUT2D eigenvalue weighted by Gasteiger charge is -2.29. The van der Waals surface area contributed by atoms with E-state index in [1.165, 1.54) is 4.90 Å². The van der Waals surface area contributed by atoms with Crippen molar-refractivity contribution < 1.29 is 9.59 Å². The lowest BCUT2D eigenvalue weighted by atomic mass is 9.83. The molecule has 1 atom stereocenters. The van der Waals surface area contributed by atoms with Gasteiger partial charge >= 0.3 is 6.03 Å². The van der Waals surface area contributed by atoms with Crippen LogP contribution in [0.2, 0.25) is 0 Å². The standard InChI is InChI=1S/C19H27N3O2/c1-4-19(16-6-5-13(2)11-14(16)3)17(23)22(18(24)21-19)12-15-7-9-20-10-8-15/h5-6,11,15,20H,4,7-10,12H2,1-3H3,(H,21,24). The van der Waals surface area contributed by atoms with E-state index in [9.17, 15) is 9.59 Å². The Bertz CT molecular complexity index is 652. The molecule has 2 fully saturated rings. The zero-order valence-corrected chi connectivity index (χ0v) is 14.8. The van der Waals surface area contributed by atoms with Crippen molar-refractivity contribution in [3.05, 3.63) is 34.9 Å². The molecule has 0 radical (unpaired) electrons. The minimum atomic E-state index is -0.915. The molecule has 3 rings (SSSR count). The average molecular weight is 329 g/mol. The normalized spacial score (nSPS) is 25.2. The summed E-state index contributed by atoms with van der Waals surface area (Å²) < 4.78 is 0. The van der Waals surface area contributed by atoms with E-state index in [0.717, 1.165) is 42.6 Å². The van der Waals surface area contributed by atoms with Crippen LogP contribution in [0.1, 0.15) is 42.9 Å². The van der Waals surface area contributed by atoms with Crippen molar-refractivity contribution in [2.75, 3.05) is 19.6 Å². The molecule has 1 aromatic carbocycles. The average Bonchev–Trinajstić information content (AvgIpc) is 2.81. The molecule has 130 valence electrons. The fourth-order valence-electron chi connectivity index (χ4n) is 4.02. The molecule has 0 saturated carbocycles. The summed E-state index contributed by atoms with van der Waals surface area (Å²) in [5.41, 5.74) is 2.21. The molecule has 2 heterocycles. The first-order chi connectivity index (χ1) is 11.5. The van der Waals surface area contributed by atoms with Crippen molar-refractivity contribution in [3.8, 4) is 0 Å². The second-order valence-electron chi connectivity index (χ2n) is 7.12. The van der Waals surface area contributed by atoms with Crippen molar-refractivity contribution in [1.29, 1.82) is 0 Å². The Labute approximate surface area is 143 Å². The van der Waals surface area contributed by atoms with Gasteiger partial charge in [0, 0.05) is 6.54 Å². The molecule has 5 heteroatoms. The maximum Gasteiger partial charge on any atom is 0.325 e. The summed E-state index contributed by atoms with van der Waals surface area (Å²) in [6.07, 6.45) is 2.59. The first-order valence-corrected chi connectivity index (χ1v) is 8.90. The highest BCUT2D eigenvalue weighted by Gasteiger charge is 2.52. The van der Waals surface area contributed by atoms with Crippen molar-refractivity contribution in [2.45, 2.75) is 45.6 Å². The predicted octanol–water partition coefficient (Wildman–Crippen LogP) is 2.46. The number of nitrogens with zero attached hydrogens (tertiary/aromatic N) is 1. The zero-order valence-electron chi connectivity index (χ0n) is 14.8. The summed E-state index contributed by atoms with van der Waals surface area (Å²) in [6.45, 7) is 8.46. The van der Waals surface area contributed by atoms with Gasteiger partial charge in [-0.2, -0.15) is 0 Å². The van der Waals surface area contributed by atoms with Crippen LogP contribution in [0.25, 0.3) is 0 Å². The molecular formula is C19H27N3O2. The van der Waals surface area contributed by atoms with Gasteiger partial charge in [-0.25, -0.2) is 4.79 Å². The molecule has 1 unspecified atom stereocenters. The van der Waals surface area contributed by atoms with Gasteiger partial charge in [0.2, 0.25) is 0 Å². The van der Waals surface area contributed by atoms with Crippen LogP contribution in [-0.2, 0) is 10.3 Å². The van der Waals surface area contributed by atoms with Crippen LogP contribution >= 0.6 is 0 Å². The van der Waals surface area contributed by atoms with Crippen LogP contribution in [0.15, 0.2) is 18.2 Å². The predicted molar refractivity (Wildman–Crippen MR) is 93.7 cm³/mol. The van der Waals surface area contributed by atoms with Gasteiger partial charge in [-0.05, 0) is 63.2 Å². The Balaban J connectivity index is 1.89. The largest absolute Gasteiger partial charge is 0.325 e. The first-order valence-electron chi connectivity index (χ1n) is 8.90. The highest BCUT2D eigenvalue weighted by atomic mass is 16.2. The van der Waals surface area contributed by atoms with Gasteiger partial charge in [-0.3, -0.25) is 9.69 Å². The van der Waals surface area contributed by atoms with Crippen molar-refractivity contribution >= 4 is 11.9 Å². The number of carbonyl (C=O) groups is 2. The molecule has 24 heavy (non-hydrogen) atoms. The number of nitrogens with one attached hydrogen (secondary N) is 2. The van der Waals surface area contributed by atoms with Crippen molar-refractivity contribution in [1.82, 2.24) is 15.5 Å². The van der Waals surface area contributed by atoms with Crippen LogP contribution in [0.3, 0.4) is 0 Å². The Morgan fingerprint density at radius 3 is 2.54 bits per heavy atom. The third-order valence-electron chi connectivity index (χ3n) is 5.45. The van der Waals surface area contributed by atoms with Crippen LogP contribution in [-0.4, -0.2) is 36.5 Å². The van der Waals surface area contributed by atoms with E-state index >= 15 is 0 Å². The maximum atomic E-state index is 13.2. The molecule has 2 saturated heterocycles. The second-order valence-corrected chi connectivity index (χ2v) is 7.12. The highest BCUT2D eigenvalue weighted by Crippen LogP contribution is 2.35. The summed E-state index contributed by atoms with van der Waals surface area (Å²) in [5, 5.41) is 6.33. The summed E-state index contributed by atoms with van der Waals surface area (Å²) in [4.78, 5) is 27.2. The lowest BCUT2D eigenvalue weighted by Crippen LogP contribution is -2.44. The molecule has 2 aliphatic heterocycles. The number of urea groups is 1. The molecule has 0 bridgehead atoms. The molecule has 0 spiro atoms. The van der Waals surface area contributed by atoms with E-state index in [-0.39, 0.29) is 11.9 Å². The number of piperidine rings is 1. The Kier molecular flexibility index (Phi) is 4.63. The third-order valence-corrected chi connectivity index (χ3v) is 5.45. The van der Waals surface area contributed by atoms with Gasteiger partial charge in [0.25, 0.3) is 5.91 Å². The van der Waals surface area contributed by atoms with E-state index in [1.54, 1.807) is 0 Å². The van der Waals surface area contributed by atoms with Gasteiger partial charge in [-0.15, -0.1) is 0 Å². The SMILES string of the molecule is CCC1(c2ccc(C)cc2C)NC(=O)N(CC2CCNCC2)C1=O. The topological polar surface area (TPSA) is 61.4 Å². The zero-order chi connectivity index (χ0) is 17.3. The van der Waals surface area contributed by atoms with Crippen LogP contribution in [0, 0.1) is 19.8 Å². The highest BCUT2D eigenvalue weighted by molar-refractivity contribution is 6.07. The summed E-state index contributed by atoms with van der Waals surface area (Å²) in [6, 6.07) is 5.82. The number of benzene rings is 1. The number of amides is 3. The molecule has 2 aliphatic rings. The summed E-state index contributed by atoms with van der Waals surface area (Å²) in [5.74, 6) is 0.299. The molecule has 3 amide bonds. The number of rotatable bonds is 4. The number of aryl methyl sites for hydroxylation is 2. The van der Waals surface area contributed by atoms with Crippen molar-refractivity contribution in [2.24, 2.45) is 5.92 Å². The van der Waals surface area contributed by atoms with Crippen LogP contribution < -0.4 is 10.6 Å². The smallest absolute Gasteiger partial charge is 0.319 e. The van der Waals surface area contributed by atoms with Gasteiger partial charge in [0.05, 0.1) is 0 Å². The maximum absolute atomic E-state index is 13.2. The Morgan fingerprint density at radius 1 is 1.21 bits per heavy atom. The molecular weight excluding hydrogens is 302 g/mol. The summed E-state index contributed by atoms with van der Waals surface area (Å²) in [7, 11) is 0. The number of imide groups is 1. The van der Waals surface area contributed by atoms with Crippen molar-refractivity contribution in [3.63, 3.8) is 0 Å². The van der Waals surface area contributed by atoms with Gasteiger partial charge < -0.3 is 10.6 Å². The molecule has 1 aromatic rings. The van der Waals surface area contributed by atoms with Gasteiger partial charge in [0.15, 0.2) is 0 Å².